The standard InChI is InChI=1S/C78H90N4O12/c1-4-8-60-52-27-53-26-47-16-20-62(64-37-72(90)73(94-3)33-48(64)18-22-70(88)78(93)77(92)65(47)32-52)61-11-6-5-10-59(61)51-25-46(63(55(28-51)41-83)31-45-9-7-12-68(86)67(45)42-84)17-21-69(87)75(53)49-23-24-80-74(34-49)82-56-19-15-44-13-14-50(76(91)66(44)35-56)30-58(85)40-79-38-43(2)54-29-57(81-39-54)36-71(60)89/h5-7,9-15,19,23,29,33-35,37,39,43,46-47,51-53,55,58,60,62-63,65,69,71,75,78-87,89-91,93H,4,8,18,22,24-28,30-32,36,38,40-42H2,1-3H3/t43-,46+,47+,51+,52+,53-,55+,58-,60+,62-,63-,65-,69+,71-,75-,78+/m1/s1. The van der Waals surface area contributed by atoms with Crippen LogP contribution in [0.2, 0.25) is 0 Å². The van der Waals surface area contributed by atoms with Gasteiger partial charge in [0.15, 0.2) is 29.2 Å². The number of Topliss-reactive ketones (excluding diaryl/α,β-unsaturated/α-hetero) is 2. The summed E-state index contributed by atoms with van der Waals surface area (Å²) in [6.45, 7) is 4.75. The number of hydrogen-bond donors (Lipinski definition) is 13. The van der Waals surface area contributed by atoms with E-state index in [0.29, 0.717) is 97.3 Å². The topological polar surface area (TPSA) is 277 Å². The molecule has 6 aliphatic rings. The molecule has 2 aliphatic heterocycles. The van der Waals surface area contributed by atoms with Crippen molar-refractivity contribution in [3.05, 3.63) is 171 Å². The van der Waals surface area contributed by atoms with Gasteiger partial charge in [-0.2, -0.15) is 0 Å². The third-order valence-corrected chi connectivity index (χ3v) is 21.8. The highest BCUT2D eigenvalue weighted by Crippen LogP contribution is 2.51. The number of aromatic amines is 1. The molecule has 0 unspecified atom stereocenters. The van der Waals surface area contributed by atoms with E-state index in [1.165, 1.54) is 7.11 Å². The third kappa shape index (κ3) is 13.9. The second-order valence-electron chi connectivity index (χ2n) is 27.6. The van der Waals surface area contributed by atoms with Gasteiger partial charge in [0.1, 0.15) is 23.4 Å². The smallest absolute Gasteiger partial charge is 0.173 e. The quantitative estimate of drug-likeness (QED) is 0.0525. The molecule has 13 N–H and O–H groups in total. The van der Waals surface area contributed by atoms with Crippen LogP contribution >= 0.6 is 0 Å². The zero-order valence-electron chi connectivity index (χ0n) is 53.9. The Kier molecular flexibility index (Phi) is 20.4. The van der Waals surface area contributed by atoms with Gasteiger partial charge < -0.3 is 71.6 Å². The van der Waals surface area contributed by atoms with E-state index in [2.05, 4.69) is 70.6 Å². The van der Waals surface area contributed by atoms with Gasteiger partial charge in [-0.05, 0) is 185 Å². The molecule has 16 heteroatoms. The van der Waals surface area contributed by atoms with Gasteiger partial charge in [0.05, 0.1) is 31.8 Å². The lowest BCUT2D eigenvalue weighted by molar-refractivity contribution is -0.142. The second-order valence-corrected chi connectivity index (χ2v) is 27.6. The summed E-state index contributed by atoms with van der Waals surface area (Å²) in [7, 11) is 1.45. The molecule has 5 aromatic carbocycles. The van der Waals surface area contributed by atoms with E-state index < -0.39 is 89.9 Å². The van der Waals surface area contributed by atoms with Crippen molar-refractivity contribution in [2.75, 3.05) is 38.7 Å². The Morgan fingerprint density at radius 3 is 2.34 bits per heavy atom. The van der Waals surface area contributed by atoms with E-state index in [-0.39, 0.29) is 91.8 Å². The molecule has 12 rings (SSSR count). The number of rotatable bonds is 7. The van der Waals surface area contributed by atoms with Gasteiger partial charge in [-0.3, -0.25) is 9.59 Å². The van der Waals surface area contributed by atoms with Crippen molar-refractivity contribution < 1.29 is 60.3 Å². The van der Waals surface area contributed by atoms with Gasteiger partial charge in [0.25, 0.3) is 0 Å². The van der Waals surface area contributed by atoms with Gasteiger partial charge in [-0.1, -0.05) is 105 Å². The Balaban J connectivity index is 1.08. The molecule has 1 aromatic heterocycles. The highest BCUT2D eigenvalue weighted by Gasteiger charge is 2.47. The van der Waals surface area contributed by atoms with Crippen molar-refractivity contribution in [2.24, 2.45) is 53.3 Å². The van der Waals surface area contributed by atoms with Crippen LogP contribution in [0.1, 0.15) is 133 Å². The number of phenols is 3. The second kappa shape index (κ2) is 29.0. The number of ether oxygens (including phenoxy) is 1. The van der Waals surface area contributed by atoms with Crippen molar-refractivity contribution in [2.45, 2.75) is 140 Å². The fourth-order valence-electron chi connectivity index (χ4n) is 16.8. The fourth-order valence-corrected chi connectivity index (χ4v) is 16.8. The zero-order chi connectivity index (χ0) is 65.9. The number of aliphatic hydroxyl groups is 6. The predicted molar refractivity (Wildman–Crippen MR) is 361 cm³/mol. The van der Waals surface area contributed by atoms with Crippen LogP contribution in [0.25, 0.3) is 10.8 Å². The number of methoxy groups -OCH3 is 1. The number of dihydropyridines is 1. The molecule has 16 nitrogen and oxygen atoms in total. The van der Waals surface area contributed by atoms with Crippen LogP contribution in [-0.4, -0.2) is 120 Å². The lowest BCUT2D eigenvalue weighted by Crippen LogP contribution is -2.40. The first-order valence-corrected chi connectivity index (χ1v) is 33.9. The minimum Gasteiger partial charge on any atom is -0.508 e. The number of nitrogens with one attached hydrogen (secondary N) is 4. The fraction of sp³-hybridized carbons (Fsp3) is 0.462. The Morgan fingerprint density at radius 1 is 0.734 bits per heavy atom. The van der Waals surface area contributed by atoms with Gasteiger partial charge in [0, 0.05) is 97.7 Å². The number of allylic oxidation sites excluding steroid dienone is 1. The number of carbonyl (C=O) groups excluding carboxylic acids is 2. The molecule has 0 spiro atoms. The molecule has 94 heavy (non-hydrogen) atoms. The zero-order valence-corrected chi connectivity index (χ0v) is 53.9. The van der Waals surface area contributed by atoms with Crippen LogP contribution in [0.15, 0.2) is 121 Å². The Hall–Kier alpha value is -7.90. The average molecular weight is 1280 g/mol. The highest BCUT2D eigenvalue weighted by atomic mass is 16.5. The number of hydrogen-bond acceptors (Lipinski definition) is 15. The molecule has 16 atom stereocenters. The van der Waals surface area contributed by atoms with Crippen LogP contribution in [0, 0.1) is 76.9 Å². The maximum Gasteiger partial charge on any atom is 0.173 e. The molecule has 6 aromatic rings. The summed E-state index contributed by atoms with van der Waals surface area (Å²) in [5.74, 6) is 8.05. The minimum atomic E-state index is -1.99. The largest absolute Gasteiger partial charge is 0.508 e. The average Bonchev–Trinajstić information content (AvgIpc) is 1.10. The summed E-state index contributed by atoms with van der Waals surface area (Å²) in [5.41, 5.74) is 8.04. The maximum absolute atomic E-state index is 15.7. The van der Waals surface area contributed by atoms with E-state index in [4.69, 9.17) is 4.74 Å². The number of ketones is 2. The van der Waals surface area contributed by atoms with Crippen LogP contribution in [-0.2, 0) is 41.9 Å². The first-order chi connectivity index (χ1) is 45.5. The van der Waals surface area contributed by atoms with Gasteiger partial charge >= 0.3 is 0 Å². The number of carbonyl (C=O) groups is 2. The molecular formula is C78H90N4O12. The van der Waals surface area contributed by atoms with E-state index in [1.807, 2.05) is 72.9 Å². The summed E-state index contributed by atoms with van der Waals surface area (Å²) in [6.07, 6.45) is 4.69. The van der Waals surface area contributed by atoms with Crippen LogP contribution in [0.3, 0.4) is 0 Å². The van der Waals surface area contributed by atoms with E-state index in [1.54, 1.807) is 24.3 Å². The molecule has 0 radical (unpaired) electrons. The summed E-state index contributed by atoms with van der Waals surface area (Å²) in [5, 5.41) is 119. The van der Waals surface area contributed by atoms with E-state index >= 15 is 4.79 Å². The van der Waals surface area contributed by atoms with Crippen molar-refractivity contribution in [3.8, 4) is 46.7 Å². The number of aryl methyl sites for hydroxylation is 1. The molecule has 2 fully saturated rings. The Morgan fingerprint density at radius 2 is 1.54 bits per heavy atom. The number of aromatic hydroxyl groups is 3. The van der Waals surface area contributed by atoms with E-state index in [0.717, 1.165) is 38.9 Å². The van der Waals surface area contributed by atoms with Crippen molar-refractivity contribution in [1.29, 1.82) is 0 Å². The lowest BCUT2D eigenvalue weighted by Gasteiger charge is -2.41. The van der Waals surface area contributed by atoms with Gasteiger partial charge in [0.2, 0.25) is 0 Å². The molecule has 4 aliphatic carbocycles. The highest BCUT2D eigenvalue weighted by molar-refractivity contribution is 6.06. The molecule has 494 valence electrons. The predicted octanol–water partition coefficient (Wildman–Crippen LogP) is 9.08. The number of β-amino-alcohol motifs (C(OH)–C–C–N with tert-alkyl or cyclic N) is 1. The number of H-pyrrole nitrogens is 1. The first-order valence-electron chi connectivity index (χ1n) is 33.9. The number of benzene rings is 5. The molecule has 0 amide bonds. The normalized spacial score (nSPS) is 29.9. The number of fused-ring (bicyclic) bond motifs is 15. The minimum absolute atomic E-state index is 0.0181. The van der Waals surface area contributed by atoms with Crippen LogP contribution in [0.4, 0.5) is 5.69 Å². The van der Waals surface area contributed by atoms with Gasteiger partial charge in [-0.25, -0.2) is 0 Å². The Bertz CT molecular complexity index is 3960. The molecule has 0 saturated heterocycles. The molecule has 13 bridgehead atoms. The Labute approximate surface area is 550 Å². The number of aliphatic hydroxyl groups excluding tert-OH is 6. The number of anilines is 1. The molecule has 3 heterocycles. The van der Waals surface area contributed by atoms with Crippen molar-refractivity contribution in [1.82, 2.24) is 15.6 Å². The molecule has 2 saturated carbocycles. The third-order valence-electron chi connectivity index (χ3n) is 21.8. The number of phenolic OH excluding ortho intramolecular Hbond substituents is 2. The summed E-state index contributed by atoms with van der Waals surface area (Å²) in [6, 6.07) is 28.2. The molecular weight excluding hydrogens is 1180 g/mol. The monoisotopic (exact) mass is 1270 g/mol. The van der Waals surface area contributed by atoms with Gasteiger partial charge in [-0.15, -0.1) is 0 Å². The van der Waals surface area contributed by atoms with Crippen molar-refractivity contribution >= 4 is 28.0 Å². The summed E-state index contributed by atoms with van der Waals surface area (Å²) in [4.78, 5) is 33.8. The first kappa shape index (κ1) is 66.1. The van der Waals surface area contributed by atoms with Crippen LogP contribution < -0.4 is 20.7 Å². The van der Waals surface area contributed by atoms with E-state index in [9.17, 15) is 50.8 Å². The maximum atomic E-state index is 15.7. The summed E-state index contributed by atoms with van der Waals surface area (Å²) < 4.78 is 5.68. The van der Waals surface area contributed by atoms with Crippen LogP contribution in [0.5, 0.6) is 23.0 Å². The lowest BCUT2D eigenvalue weighted by atomic mass is 9.63. The van der Waals surface area contributed by atoms with Crippen molar-refractivity contribution in [3.63, 3.8) is 0 Å². The summed E-state index contributed by atoms with van der Waals surface area (Å²) >= 11 is 0. The number of aromatic nitrogens is 1. The SMILES string of the molecule is CCC[C@H]1[C@H]2C[C@H]3C[C@@H]4C#C[C@@H](c5cc(O)c(OC)cc5CCC(=O)[C@H](O)C(=O)[C@@H]4C2)c2ccccc2[C@@H]2C[C@@H](CO)[C@H](Cc4cccc(O)c4CO)[C@@H](C#C[C@H](O)[C@@H]3C3=CCNC(=C3)Nc3ccc4ccc(c(O)c4c3)C[C@@H](O)CNC[C@@H](C)c3c[nH]c(c3)C[C@H]1O)C2.